The number of rotatable bonds is 3. The molecule has 24 heavy (non-hydrogen) atoms. The summed E-state index contributed by atoms with van der Waals surface area (Å²) in [5.41, 5.74) is 0.701. The number of urea groups is 1. The van der Waals surface area contributed by atoms with Crippen molar-refractivity contribution >= 4 is 6.03 Å². The van der Waals surface area contributed by atoms with Crippen LogP contribution >= 0.6 is 0 Å². The molecule has 1 aromatic rings. The third-order valence-electron chi connectivity index (χ3n) is 5.00. The Bertz CT molecular complexity index is 573. The maximum absolute atomic E-state index is 13.9. The molecule has 1 aromatic carbocycles. The molecule has 0 aromatic heterocycles. The second-order valence-electron chi connectivity index (χ2n) is 6.72. The van der Waals surface area contributed by atoms with Crippen LogP contribution in [0.3, 0.4) is 0 Å². The van der Waals surface area contributed by atoms with Gasteiger partial charge in [0.2, 0.25) is 0 Å². The van der Waals surface area contributed by atoms with Crippen LogP contribution in [-0.4, -0.2) is 30.4 Å². The minimum atomic E-state index is -0.385. The predicted molar refractivity (Wildman–Crippen MR) is 88.4 cm³/mol. The van der Waals surface area contributed by atoms with Crippen LogP contribution in [0.25, 0.3) is 0 Å². The maximum Gasteiger partial charge on any atom is 0.315 e. The highest BCUT2D eigenvalue weighted by Gasteiger charge is 2.26. The molecular formula is C18H25FN2O3. The first kappa shape index (κ1) is 17.0. The van der Waals surface area contributed by atoms with Crippen LogP contribution in [0.15, 0.2) is 18.2 Å². The third kappa shape index (κ3) is 3.98. The lowest BCUT2D eigenvalue weighted by atomic mass is 9.87. The summed E-state index contributed by atoms with van der Waals surface area (Å²) >= 11 is 0. The molecule has 1 aliphatic heterocycles. The molecule has 0 radical (unpaired) electrons. The number of hydrogen-bond acceptors (Lipinski definition) is 3. The Balaban J connectivity index is 1.60. The van der Waals surface area contributed by atoms with Crippen LogP contribution in [0.1, 0.15) is 50.1 Å². The van der Waals surface area contributed by atoms with E-state index in [2.05, 4.69) is 10.6 Å². The van der Waals surface area contributed by atoms with Gasteiger partial charge in [-0.15, -0.1) is 0 Å². The van der Waals surface area contributed by atoms with E-state index in [1.54, 1.807) is 12.1 Å². The largest absolute Gasteiger partial charge is 0.490 e. The summed E-state index contributed by atoms with van der Waals surface area (Å²) < 4.78 is 19.4. The Labute approximate surface area is 141 Å². The monoisotopic (exact) mass is 336 g/mol. The van der Waals surface area contributed by atoms with Gasteiger partial charge in [0, 0.05) is 18.2 Å². The second-order valence-corrected chi connectivity index (χ2v) is 6.72. The molecule has 0 spiro atoms. The number of carbonyl (C=O) groups is 1. The van der Waals surface area contributed by atoms with Crippen LogP contribution in [0.5, 0.6) is 5.75 Å². The number of halogens is 1. The van der Waals surface area contributed by atoms with Crippen molar-refractivity contribution in [2.24, 2.45) is 5.92 Å². The van der Waals surface area contributed by atoms with Gasteiger partial charge in [0.05, 0.1) is 12.6 Å². The van der Waals surface area contributed by atoms with Crippen LogP contribution in [-0.2, 0) is 0 Å². The van der Waals surface area contributed by atoms with Gasteiger partial charge in [-0.2, -0.15) is 0 Å². The lowest BCUT2D eigenvalue weighted by molar-refractivity contribution is 0.174. The molecule has 1 saturated carbocycles. The fraction of sp³-hybridized carbons (Fsp3) is 0.611. The predicted octanol–water partition coefficient (Wildman–Crippen LogP) is 2.89. The highest BCUT2D eigenvalue weighted by atomic mass is 19.1. The number of nitrogens with one attached hydrogen (secondary N) is 2. The van der Waals surface area contributed by atoms with Gasteiger partial charge in [-0.05, 0) is 50.5 Å². The Morgan fingerprint density at radius 1 is 1.21 bits per heavy atom. The normalized spacial score (nSPS) is 26.7. The molecule has 3 rings (SSSR count). The third-order valence-corrected chi connectivity index (χ3v) is 5.00. The molecule has 1 unspecified atom stereocenters. The fourth-order valence-electron chi connectivity index (χ4n) is 3.59. The van der Waals surface area contributed by atoms with Crippen LogP contribution < -0.4 is 15.4 Å². The molecule has 1 aliphatic carbocycles. The molecule has 3 N–H and O–H groups in total. The second kappa shape index (κ2) is 7.83. The molecule has 2 aliphatic rings. The van der Waals surface area contributed by atoms with Crippen molar-refractivity contribution in [3.8, 4) is 5.75 Å². The first-order valence-corrected chi connectivity index (χ1v) is 8.76. The number of benzene rings is 1. The number of hydrogen-bond donors (Lipinski definition) is 3. The summed E-state index contributed by atoms with van der Waals surface area (Å²) in [6, 6.07) is 4.51. The van der Waals surface area contributed by atoms with E-state index in [1.807, 2.05) is 0 Å². The topological polar surface area (TPSA) is 70.6 Å². The molecule has 1 heterocycles. The van der Waals surface area contributed by atoms with Crippen molar-refractivity contribution in [1.82, 2.24) is 10.6 Å². The molecule has 0 saturated heterocycles. The van der Waals surface area contributed by atoms with Crippen molar-refractivity contribution < 1.29 is 19.0 Å². The molecular weight excluding hydrogens is 311 g/mol. The molecule has 6 heteroatoms. The van der Waals surface area contributed by atoms with E-state index < -0.39 is 0 Å². The van der Waals surface area contributed by atoms with E-state index in [-0.39, 0.29) is 36.3 Å². The zero-order valence-corrected chi connectivity index (χ0v) is 13.8. The summed E-state index contributed by atoms with van der Waals surface area (Å²) in [6.07, 6.45) is 5.14. The quantitative estimate of drug-likeness (QED) is 0.795. The molecule has 2 amide bonds. The maximum atomic E-state index is 13.9. The van der Waals surface area contributed by atoms with Gasteiger partial charge in [0.15, 0.2) is 11.6 Å². The average molecular weight is 336 g/mol. The number of ether oxygens (including phenoxy) is 1. The Morgan fingerprint density at radius 3 is 2.75 bits per heavy atom. The average Bonchev–Trinajstić information content (AvgIpc) is 2.79. The van der Waals surface area contributed by atoms with Crippen molar-refractivity contribution in [1.29, 1.82) is 0 Å². The summed E-state index contributed by atoms with van der Waals surface area (Å²) in [5.74, 6) is 0.229. The molecule has 1 atom stereocenters. The van der Waals surface area contributed by atoms with Gasteiger partial charge in [-0.1, -0.05) is 12.1 Å². The van der Waals surface area contributed by atoms with E-state index in [9.17, 15) is 14.3 Å². The highest BCUT2D eigenvalue weighted by molar-refractivity contribution is 5.75. The molecule has 0 bridgehead atoms. The van der Waals surface area contributed by atoms with Gasteiger partial charge in [-0.25, -0.2) is 9.18 Å². The van der Waals surface area contributed by atoms with Crippen LogP contribution in [0.2, 0.25) is 0 Å². The zero-order valence-electron chi connectivity index (χ0n) is 13.8. The van der Waals surface area contributed by atoms with E-state index >= 15 is 0 Å². The zero-order chi connectivity index (χ0) is 16.9. The Kier molecular flexibility index (Phi) is 5.56. The SMILES string of the molecule is O=C(NC1CCC(CO)CC1)NC1CCCOc2c(F)cccc21. The Hall–Kier alpha value is -1.82. The van der Waals surface area contributed by atoms with E-state index in [0.717, 1.165) is 38.5 Å². The van der Waals surface area contributed by atoms with Crippen molar-refractivity contribution in [3.05, 3.63) is 29.6 Å². The first-order chi connectivity index (χ1) is 11.7. The molecule has 1 fully saturated rings. The lowest BCUT2D eigenvalue weighted by Crippen LogP contribution is -2.45. The lowest BCUT2D eigenvalue weighted by Gasteiger charge is -2.29. The van der Waals surface area contributed by atoms with Gasteiger partial charge in [0.1, 0.15) is 0 Å². The highest BCUT2D eigenvalue weighted by Crippen LogP contribution is 2.33. The summed E-state index contributed by atoms with van der Waals surface area (Å²) in [7, 11) is 0. The van der Waals surface area contributed by atoms with Crippen molar-refractivity contribution in [2.75, 3.05) is 13.2 Å². The fourth-order valence-corrected chi connectivity index (χ4v) is 3.59. The van der Waals surface area contributed by atoms with Gasteiger partial charge in [0.25, 0.3) is 0 Å². The minimum Gasteiger partial charge on any atom is -0.490 e. The first-order valence-electron chi connectivity index (χ1n) is 8.76. The summed E-state index contributed by atoms with van der Waals surface area (Å²) in [6.45, 7) is 0.683. The number of carbonyl (C=O) groups excluding carboxylic acids is 1. The number of para-hydroxylation sites is 1. The minimum absolute atomic E-state index is 0.141. The van der Waals surface area contributed by atoms with Gasteiger partial charge < -0.3 is 20.5 Å². The smallest absolute Gasteiger partial charge is 0.315 e. The van der Waals surface area contributed by atoms with Gasteiger partial charge in [-0.3, -0.25) is 0 Å². The van der Waals surface area contributed by atoms with Crippen LogP contribution in [0.4, 0.5) is 9.18 Å². The van der Waals surface area contributed by atoms with Crippen molar-refractivity contribution in [2.45, 2.75) is 50.6 Å². The molecule has 132 valence electrons. The van der Waals surface area contributed by atoms with Crippen molar-refractivity contribution in [3.63, 3.8) is 0 Å². The summed E-state index contributed by atoms with van der Waals surface area (Å²) in [5, 5.41) is 15.2. The molecule has 5 nitrogen and oxygen atoms in total. The van der Waals surface area contributed by atoms with E-state index in [0.29, 0.717) is 18.1 Å². The number of aliphatic hydroxyl groups excluding tert-OH is 1. The standard InChI is InChI=1S/C18H25FN2O3/c19-15-4-1-3-14-16(5-2-10-24-17(14)15)21-18(23)20-13-8-6-12(11-22)7-9-13/h1,3-4,12-13,16,22H,2,5-11H2,(H2,20,21,23). The van der Waals surface area contributed by atoms with Crippen LogP contribution in [0, 0.1) is 11.7 Å². The number of amides is 2. The van der Waals surface area contributed by atoms with E-state index in [4.69, 9.17) is 4.74 Å². The van der Waals surface area contributed by atoms with Gasteiger partial charge >= 0.3 is 6.03 Å². The number of fused-ring (bicyclic) bond motifs is 1. The van der Waals surface area contributed by atoms with E-state index in [1.165, 1.54) is 6.07 Å². The summed E-state index contributed by atoms with van der Waals surface area (Å²) in [4.78, 5) is 12.3. The number of aliphatic hydroxyl groups is 1. The Morgan fingerprint density at radius 2 is 2.00 bits per heavy atom.